The molecule has 1 saturated carbocycles. The second-order valence-electron chi connectivity index (χ2n) is 5.33. The summed E-state index contributed by atoms with van der Waals surface area (Å²) in [6, 6.07) is 6.37. The van der Waals surface area contributed by atoms with Crippen molar-refractivity contribution in [1.29, 1.82) is 0 Å². The molecule has 2 aliphatic rings. The molecule has 0 aromatic heterocycles. The van der Waals surface area contributed by atoms with E-state index in [4.69, 9.17) is 0 Å². The Morgan fingerprint density at radius 2 is 2.24 bits per heavy atom. The van der Waals surface area contributed by atoms with E-state index in [1.807, 2.05) is 12.1 Å². The maximum absolute atomic E-state index is 9.50. The fourth-order valence-corrected chi connectivity index (χ4v) is 2.65. The first kappa shape index (κ1) is 10.9. The van der Waals surface area contributed by atoms with E-state index in [9.17, 15) is 5.11 Å². The predicted octanol–water partition coefficient (Wildman–Crippen LogP) is 2.12. The molecule has 0 bridgehead atoms. The molecule has 1 heterocycles. The summed E-state index contributed by atoms with van der Waals surface area (Å²) < 4.78 is 0. The molecule has 1 aromatic carbocycles. The van der Waals surface area contributed by atoms with Crippen molar-refractivity contribution in [2.24, 2.45) is 5.92 Å². The summed E-state index contributed by atoms with van der Waals surface area (Å²) >= 11 is 0. The van der Waals surface area contributed by atoms with Crippen LogP contribution in [0.25, 0.3) is 0 Å². The first-order valence-electron chi connectivity index (χ1n) is 6.60. The number of aromatic hydroxyl groups is 1. The van der Waals surface area contributed by atoms with E-state index in [1.54, 1.807) is 6.07 Å². The minimum Gasteiger partial charge on any atom is -0.508 e. The van der Waals surface area contributed by atoms with Gasteiger partial charge in [-0.3, -0.25) is 0 Å². The molecule has 0 radical (unpaired) electrons. The van der Waals surface area contributed by atoms with Crippen molar-refractivity contribution in [2.45, 2.75) is 31.7 Å². The first-order chi connectivity index (χ1) is 8.31. The molecule has 3 rings (SSSR count). The van der Waals surface area contributed by atoms with Crippen molar-refractivity contribution < 1.29 is 5.11 Å². The van der Waals surface area contributed by atoms with Gasteiger partial charge < -0.3 is 15.7 Å². The summed E-state index contributed by atoms with van der Waals surface area (Å²) in [6.45, 7) is 2.13. The van der Waals surface area contributed by atoms with E-state index in [0.29, 0.717) is 11.7 Å². The zero-order chi connectivity index (χ0) is 11.7. The van der Waals surface area contributed by atoms with Crippen LogP contribution in [0.2, 0.25) is 0 Å². The first-order valence-corrected chi connectivity index (χ1v) is 6.60. The van der Waals surface area contributed by atoms with Crippen LogP contribution < -0.4 is 10.6 Å². The summed E-state index contributed by atoms with van der Waals surface area (Å²) in [5, 5.41) is 16.6. The number of anilines is 1. The van der Waals surface area contributed by atoms with E-state index in [0.717, 1.165) is 25.6 Å². The fraction of sp³-hybridized carbons (Fsp3) is 0.571. The maximum atomic E-state index is 9.50. The topological polar surface area (TPSA) is 44.3 Å². The van der Waals surface area contributed by atoms with E-state index >= 15 is 0 Å². The molecule has 1 aliphatic heterocycles. The van der Waals surface area contributed by atoms with Crippen LogP contribution in [-0.2, 0) is 6.42 Å². The average Bonchev–Trinajstić information content (AvgIpc) is 2.26. The number of fused-ring (bicyclic) bond motifs is 1. The summed E-state index contributed by atoms with van der Waals surface area (Å²) in [7, 11) is 0. The summed E-state index contributed by atoms with van der Waals surface area (Å²) in [5.41, 5.74) is 2.43. The van der Waals surface area contributed by atoms with Crippen LogP contribution in [0.5, 0.6) is 5.75 Å². The van der Waals surface area contributed by atoms with Gasteiger partial charge in [-0.2, -0.15) is 0 Å². The van der Waals surface area contributed by atoms with Crippen molar-refractivity contribution in [2.75, 3.05) is 18.4 Å². The molecule has 0 saturated heterocycles. The number of phenols is 1. The molecule has 0 spiro atoms. The second-order valence-corrected chi connectivity index (χ2v) is 5.33. The smallest absolute Gasteiger partial charge is 0.116 e. The molecular weight excluding hydrogens is 212 g/mol. The van der Waals surface area contributed by atoms with Gasteiger partial charge in [-0.15, -0.1) is 0 Å². The third kappa shape index (κ3) is 2.39. The molecule has 1 aliphatic carbocycles. The van der Waals surface area contributed by atoms with Crippen LogP contribution in [0.3, 0.4) is 0 Å². The van der Waals surface area contributed by atoms with Gasteiger partial charge in [-0.25, -0.2) is 0 Å². The lowest BCUT2D eigenvalue weighted by Crippen LogP contribution is -2.41. The van der Waals surface area contributed by atoms with Gasteiger partial charge in [0.25, 0.3) is 0 Å². The molecule has 92 valence electrons. The van der Waals surface area contributed by atoms with Crippen molar-refractivity contribution in [3.05, 3.63) is 23.8 Å². The normalized spacial score (nSPS) is 23.6. The molecular formula is C14H20N2O. The molecule has 0 amide bonds. The van der Waals surface area contributed by atoms with Gasteiger partial charge in [0, 0.05) is 24.8 Å². The Hall–Kier alpha value is -1.22. The van der Waals surface area contributed by atoms with Gasteiger partial charge >= 0.3 is 0 Å². The van der Waals surface area contributed by atoms with Crippen LogP contribution in [0.15, 0.2) is 18.2 Å². The zero-order valence-corrected chi connectivity index (χ0v) is 10.1. The summed E-state index contributed by atoms with van der Waals surface area (Å²) in [5.74, 6) is 1.02. The summed E-state index contributed by atoms with van der Waals surface area (Å²) in [6.07, 6.45) is 5.14. The zero-order valence-electron chi connectivity index (χ0n) is 10.1. The van der Waals surface area contributed by atoms with Gasteiger partial charge in [0.05, 0.1) is 0 Å². The fourth-order valence-electron chi connectivity index (χ4n) is 2.65. The van der Waals surface area contributed by atoms with Crippen molar-refractivity contribution in [1.82, 2.24) is 5.32 Å². The SMILES string of the molecule is Oc1ccc2c(c1)CC(CNC1CCC1)CN2. The molecule has 3 nitrogen and oxygen atoms in total. The van der Waals surface area contributed by atoms with Crippen molar-refractivity contribution in [3.8, 4) is 5.75 Å². The predicted molar refractivity (Wildman–Crippen MR) is 69.4 cm³/mol. The molecule has 1 aromatic rings. The quantitative estimate of drug-likeness (QED) is 0.699. The Bertz CT molecular complexity index is 401. The molecule has 17 heavy (non-hydrogen) atoms. The molecule has 1 fully saturated rings. The lowest BCUT2D eigenvalue weighted by Gasteiger charge is -2.31. The minimum absolute atomic E-state index is 0.373. The van der Waals surface area contributed by atoms with E-state index in [1.165, 1.54) is 30.5 Å². The van der Waals surface area contributed by atoms with Crippen LogP contribution >= 0.6 is 0 Å². The number of phenolic OH excluding ortho intramolecular Hbond substituents is 1. The standard InChI is InChI=1S/C14H20N2O/c17-13-4-5-14-11(7-13)6-10(9-16-14)8-15-12-2-1-3-12/h4-5,7,10,12,15-17H,1-3,6,8-9H2. The Balaban J connectivity index is 1.59. The number of benzene rings is 1. The Labute approximate surface area is 102 Å². The average molecular weight is 232 g/mol. The number of hydrogen-bond acceptors (Lipinski definition) is 3. The van der Waals surface area contributed by atoms with Gasteiger partial charge in [0.2, 0.25) is 0 Å². The molecule has 1 unspecified atom stereocenters. The van der Waals surface area contributed by atoms with E-state index < -0.39 is 0 Å². The largest absolute Gasteiger partial charge is 0.508 e. The van der Waals surface area contributed by atoms with E-state index in [2.05, 4.69) is 10.6 Å². The van der Waals surface area contributed by atoms with Gasteiger partial charge in [-0.1, -0.05) is 6.42 Å². The lowest BCUT2D eigenvalue weighted by molar-refractivity contribution is 0.317. The van der Waals surface area contributed by atoms with Crippen molar-refractivity contribution >= 4 is 5.69 Å². The van der Waals surface area contributed by atoms with Gasteiger partial charge in [0.15, 0.2) is 0 Å². The third-order valence-electron chi connectivity index (χ3n) is 3.98. The van der Waals surface area contributed by atoms with Crippen LogP contribution in [0.1, 0.15) is 24.8 Å². The lowest BCUT2D eigenvalue weighted by atomic mass is 9.90. The number of hydrogen-bond donors (Lipinski definition) is 3. The highest BCUT2D eigenvalue weighted by Crippen LogP contribution is 2.28. The van der Waals surface area contributed by atoms with Crippen LogP contribution in [0.4, 0.5) is 5.69 Å². The van der Waals surface area contributed by atoms with Crippen LogP contribution in [-0.4, -0.2) is 24.2 Å². The Kier molecular flexibility index (Phi) is 2.93. The highest BCUT2D eigenvalue weighted by Gasteiger charge is 2.21. The van der Waals surface area contributed by atoms with Crippen molar-refractivity contribution in [3.63, 3.8) is 0 Å². The molecule has 3 N–H and O–H groups in total. The van der Waals surface area contributed by atoms with E-state index in [-0.39, 0.29) is 0 Å². The Morgan fingerprint density at radius 1 is 1.35 bits per heavy atom. The number of nitrogens with one attached hydrogen (secondary N) is 2. The molecule has 1 atom stereocenters. The third-order valence-corrected chi connectivity index (χ3v) is 3.98. The Morgan fingerprint density at radius 3 is 3.00 bits per heavy atom. The minimum atomic E-state index is 0.373. The summed E-state index contributed by atoms with van der Waals surface area (Å²) in [4.78, 5) is 0. The maximum Gasteiger partial charge on any atom is 0.116 e. The highest BCUT2D eigenvalue weighted by molar-refractivity contribution is 5.55. The number of rotatable bonds is 3. The van der Waals surface area contributed by atoms with Gasteiger partial charge in [0.1, 0.15) is 5.75 Å². The second kappa shape index (κ2) is 4.57. The monoisotopic (exact) mass is 232 g/mol. The van der Waals surface area contributed by atoms with Gasteiger partial charge in [-0.05, 0) is 48.9 Å². The highest BCUT2D eigenvalue weighted by atomic mass is 16.3. The van der Waals surface area contributed by atoms with Crippen LogP contribution in [0, 0.1) is 5.92 Å². The molecule has 3 heteroatoms.